The van der Waals surface area contributed by atoms with Gasteiger partial charge >= 0.3 is 0 Å². The van der Waals surface area contributed by atoms with E-state index in [0.29, 0.717) is 12.1 Å². The largest absolute Gasteiger partial charge is 0.352 e. The Morgan fingerprint density at radius 3 is 2.02 bits per heavy atom. The molecule has 0 spiro atoms. The molecule has 0 heterocycles. The van der Waals surface area contributed by atoms with E-state index in [2.05, 4.69) is 5.32 Å². The van der Waals surface area contributed by atoms with Gasteiger partial charge < -0.3 is 10.2 Å². The molecule has 0 aromatic heterocycles. The summed E-state index contributed by atoms with van der Waals surface area (Å²) in [6.45, 7) is 1.67. The van der Waals surface area contributed by atoms with Gasteiger partial charge in [0.1, 0.15) is 12.6 Å². The van der Waals surface area contributed by atoms with Gasteiger partial charge in [0, 0.05) is 19.0 Å². The quantitative estimate of drug-likeness (QED) is 0.217. The van der Waals surface area contributed by atoms with Crippen molar-refractivity contribution < 1.29 is 18.0 Å². The van der Waals surface area contributed by atoms with Crippen LogP contribution in [-0.2, 0) is 32.6 Å². The molecule has 0 radical (unpaired) electrons. The Kier molecular flexibility index (Phi) is 10.1. The van der Waals surface area contributed by atoms with Gasteiger partial charge in [-0.05, 0) is 55.2 Å². The van der Waals surface area contributed by atoms with Gasteiger partial charge in [-0.1, -0.05) is 109 Å². The minimum atomic E-state index is -4.10. The van der Waals surface area contributed by atoms with Crippen molar-refractivity contribution in [3.05, 3.63) is 132 Å². The number of aryl methyl sites for hydroxylation is 1. The summed E-state index contributed by atoms with van der Waals surface area (Å²) in [4.78, 5) is 30.2. The molecule has 1 aliphatic carbocycles. The lowest BCUT2D eigenvalue weighted by Gasteiger charge is -2.34. The zero-order chi connectivity index (χ0) is 30.9. The van der Waals surface area contributed by atoms with Gasteiger partial charge in [0.15, 0.2) is 0 Å². The molecule has 7 nitrogen and oxygen atoms in total. The van der Waals surface area contributed by atoms with Crippen molar-refractivity contribution >= 4 is 27.5 Å². The number of rotatable bonds is 12. The Balaban J connectivity index is 1.55. The molecule has 4 aromatic rings. The van der Waals surface area contributed by atoms with Gasteiger partial charge in [-0.3, -0.25) is 13.9 Å². The summed E-state index contributed by atoms with van der Waals surface area (Å²) in [6.07, 6.45) is 4.24. The maximum absolute atomic E-state index is 14.5. The summed E-state index contributed by atoms with van der Waals surface area (Å²) >= 11 is 0. The number of sulfonamides is 1. The zero-order valence-electron chi connectivity index (χ0n) is 25.0. The van der Waals surface area contributed by atoms with Crippen LogP contribution in [0.4, 0.5) is 5.69 Å². The van der Waals surface area contributed by atoms with Crippen molar-refractivity contribution in [2.24, 2.45) is 0 Å². The van der Waals surface area contributed by atoms with Crippen molar-refractivity contribution in [2.75, 3.05) is 10.8 Å². The van der Waals surface area contributed by atoms with Crippen LogP contribution < -0.4 is 9.62 Å². The first kappa shape index (κ1) is 31.0. The number of carbonyl (C=O) groups is 2. The molecule has 2 amide bonds. The summed E-state index contributed by atoms with van der Waals surface area (Å²) in [7, 11) is -4.10. The maximum Gasteiger partial charge on any atom is 0.264 e. The molecule has 4 aromatic carbocycles. The Morgan fingerprint density at radius 1 is 0.795 bits per heavy atom. The topological polar surface area (TPSA) is 86.8 Å². The lowest BCUT2D eigenvalue weighted by Crippen LogP contribution is -2.54. The normalized spacial score (nSPS) is 14.1. The van der Waals surface area contributed by atoms with Crippen molar-refractivity contribution in [3.8, 4) is 0 Å². The van der Waals surface area contributed by atoms with Gasteiger partial charge in [-0.2, -0.15) is 0 Å². The Bertz CT molecular complexity index is 1640. The van der Waals surface area contributed by atoms with Crippen LogP contribution in [0.1, 0.15) is 42.4 Å². The monoisotopic (exact) mass is 609 g/mol. The van der Waals surface area contributed by atoms with Gasteiger partial charge in [0.25, 0.3) is 10.0 Å². The summed E-state index contributed by atoms with van der Waals surface area (Å²) < 4.78 is 29.1. The third kappa shape index (κ3) is 7.74. The second kappa shape index (κ2) is 14.4. The number of hydrogen-bond donors (Lipinski definition) is 1. The lowest BCUT2D eigenvalue weighted by atomic mass is 10.0. The first-order valence-corrected chi connectivity index (χ1v) is 16.6. The molecule has 44 heavy (non-hydrogen) atoms. The summed E-state index contributed by atoms with van der Waals surface area (Å²) in [5, 5.41) is 3.21. The summed E-state index contributed by atoms with van der Waals surface area (Å²) in [5.41, 5.74) is 3.18. The second-order valence-electron chi connectivity index (χ2n) is 11.4. The number of hydrogen-bond acceptors (Lipinski definition) is 4. The second-order valence-corrected chi connectivity index (χ2v) is 13.2. The van der Waals surface area contributed by atoms with E-state index in [9.17, 15) is 18.0 Å². The van der Waals surface area contributed by atoms with Crippen molar-refractivity contribution in [1.29, 1.82) is 0 Å². The van der Waals surface area contributed by atoms with E-state index in [4.69, 9.17) is 0 Å². The molecule has 0 saturated heterocycles. The number of carbonyl (C=O) groups excluding carboxylic acids is 2. The predicted molar refractivity (Wildman–Crippen MR) is 173 cm³/mol. The van der Waals surface area contributed by atoms with Crippen molar-refractivity contribution in [2.45, 2.75) is 62.6 Å². The molecule has 1 aliphatic rings. The lowest BCUT2D eigenvalue weighted by molar-refractivity contribution is -0.140. The van der Waals surface area contributed by atoms with E-state index in [1.807, 2.05) is 61.5 Å². The minimum absolute atomic E-state index is 0.0657. The fourth-order valence-corrected chi connectivity index (χ4v) is 7.21. The van der Waals surface area contributed by atoms with Gasteiger partial charge in [0.2, 0.25) is 11.8 Å². The molecule has 1 saturated carbocycles. The molecular formula is C36H39N3O4S. The van der Waals surface area contributed by atoms with E-state index in [0.717, 1.165) is 46.7 Å². The molecular weight excluding hydrogens is 570 g/mol. The SMILES string of the molecule is Cc1cccc(CN(C(=O)CN(c2ccccc2)S(=O)(=O)c2ccccc2)[C@@H](Cc2ccccc2)C(=O)NC2CCCC2)c1. The number of nitrogens with one attached hydrogen (secondary N) is 1. The molecule has 8 heteroatoms. The van der Waals surface area contributed by atoms with Crippen LogP contribution in [0.5, 0.6) is 0 Å². The third-order valence-electron chi connectivity index (χ3n) is 8.06. The van der Waals surface area contributed by atoms with E-state index < -0.39 is 28.5 Å². The Labute approximate surface area is 260 Å². The number of amides is 2. The number of nitrogens with zero attached hydrogens (tertiary/aromatic N) is 2. The molecule has 5 rings (SSSR count). The summed E-state index contributed by atoms with van der Waals surface area (Å²) in [5.74, 6) is -0.684. The van der Waals surface area contributed by atoms with Gasteiger partial charge in [-0.15, -0.1) is 0 Å². The highest BCUT2D eigenvalue weighted by atomic mass is 32.2. The van der Waals surface area contributed by atoms with Crippen molar-refractivity contribution in [3.63, 3.8) is 0 Å². The Hall–Kier alpha value is -4.43. The zero-order valence-corrected chi connectivity index (χ0v) is 25.8. The average Bonchev–Trinajstić information content (AvgIpc) is 3.56. The van der Waals surface area contributed by atoms with E-state index in [1.54, 1.807) is 53.4 Å². The number of anilines is 1. The van der Waals surface area contributed by atoms with Crippen LogP contribution in [0.25, 0.3) is 0 Å². The van der Waals surface area contributed by atoms with Crippen molar-refractivity contribution in [1.82, 2.24) is 10.2 Å². The molecule has 0 unspecified atom stereocenters. The molecule has 228 valence electrons. The van der Waals surface area contributed by atoms with Gasteiger partial charge in [-0.25, -0.2) is 8.42 Å². The smallest absolute Gasteiger partial charge is 0.264 e. The molecule has 1 fully saturated rings. The standard InChI is InChI=1S/C36H39N3O4S/c1-28-14-13-17-30(24-28)26-38(34(25-29-15-5-2-6-16-29)36(41)37-31-18-11-12-19-31)35(40)27-39(32-20-7-3-8-21-32)44(42,43)33-22-9-4-10-23-33/h2-10,13-17,20-24,31,34H,11-12,18-19,25-27H2,1H3,(H,37,41)/t34-/m0/s1. The highest BCUT2D eigenvalue weighted by Crippen LogP contribution is 2.25. The number of para-hydroxylation sites is 1. The van der Waals surface area contributed by atoms with Crippen LogP contribution in [0.15, 0.2) is 120 Å². The molecule has 0 aliphatic heterocycles. The summed E-state index contributed by atoms with van der Waals surface area (Å²) in [6, 6.07) is 33.4. The first-order chi connectivity index (χ1) is 21.3. The van der Waals surface area contributed by atoms with Crippen LogP contribution in [0.2, 0.25) is 0 Å². The molecule has 1 N–H and O–H groups in total. The highest BCUT2D eigenvalue weighted by molar-refractivity contribution is 7.92. The minimum Gasteiger partial charge on any atom is -0.352 e. The maximum atomic E-state index is 14.5. The molecule has 1 atom stereocenters. The first-order valence-electron chi connectivity index (χ1n) is 15.1. The fraction of sp³-hybridized carbons (Fsp3) is 0.278. The fourth-order valence-electron chi connectivity index (χ4n) is 5.77. The van der Waals surface area contributed by atoms with Crippen LogP contribution in [-0.4, -0.2) is 43.8 Å². The third-order valence-corrected chi connectivity index (χ3v) is 9.85. The van der Waals surface area contributed by atoms with E-state index >= 15 is 0 Å². The average molecular weight is 610 g/mol. The van der Waals surface area contributed by atoms with Gasteiger partial charge in [0.05, 0.1) is 10.6 Å². The highest BCUT2D eigenvalue weighted by Gasteiger charge is 2.35. The van der Waals surface area contributed by atoms with Crippen LogP contribution in [0.3, 0.4) is 0 Å². The van der Waals surface area contributed by atoms with Crippen LogP contribution in [0, 0.1) is 6.92 Å². The van der Waals surface area contributed by atoms with E-state index in [-0.39, 0.29) is 23.4 Å². The van der Waals surface area contributed by atoms with E-state index in [1.165, 1.54) is 12.1 Å². The predicted octanol–water partition coefficient (Wildman–Crippen LogP) is 5.89. The number of benzene rings is 4. The van der Waals surface area contributed by atoms with Crippen LogP contribution >= 0.6 is 0 Å². The molecule has 0 bridgehead atoms. The Morgan fingerprint density at radius 2 is 1.39 bits per heavy atom.